The number of anilines is 1. The van der Waals surface area contributed by atoms with Crippen LogP contribution in [0, 0.1) is 6.92 Å². The summed E-state index contributed by atoms with van der Waals surface area (Å²) in [6.07, 6.45) is 1.53. The largest absolute Gasteiger partial charge is 0.325 e. The molecule has 3 aromatic rings. The molecular weight excluding hydrogens is 330 g/mol. The number of thiophene rings is 1. The maximum absolute atomic E-state index is 12.0. The van der Waals surface area contributed by atoms with Gasteiger partial charge in [-0.25, -0.2) is 4.68 Å². The lowest BCUT2D eigenvalue weighted by atomic mass is 10.2. The average Bonchev–Trinajstić information content (AvgIpc) is 3.22. The van der Waals surface area contributed by atoms with Crippen LogP contribution < -0.4 is 5.32 Å². The number of benzene rings is 1. The highest BCUT2D eigenvalue weighted by Gasteiger charge is 2.07. The summed E-state index contributed by atoms with van der Waals surface area (Å²) in [5.41, 5.74) is 2.62. The van der Waals surface area contributed by atoms with Crippen molar-refractivity contribution in [2.24, 2.45) is 0 Å². The molecule has 0 fully saturated rings. The van der Waals surface area contributed by atoms with E-state index in [1.165, 1.54) is 11.2 Å². The van der Waals surface area contributed by atoms with Crippen LogP contribution in [0.1, 0.15) is 10.4 Å². The second kappa shape index (κ2) is 7.38. The van der Waals surface area contributed by atoms with Crippen molar-refractivity contribution < 1.29 is 4.79 Å². The van der Waals surface area contributed by atoms with Gasteiger partial charge >= 0.3 is 0 Å². The zero-order valence-electron chi connectivity index (χ0n) is 12.5. The number of hydrogen-bond acceptors (Lipinski definition) is 6. The molecule has 0 aliphatic rings. The molecule has 8 heteroatoms. The van der Waals surface area contributed by atoms with Gasteiger partial charge in [-0.1, -0.05) is 12.1 Å². The minimum Gasteiger partial charge on any atom is -0.325 e. The first-order chi connectivity index (χ1) is 11.2. The number of rotatable bonds is 6. The Morgan fingerprint density at radius 1 is 1.39 bits per heavy atom. The molecule has 0 radical (unpaired) electrons. The fourth-order valence-electron chi connectivity index (χ4n) is 2.04. The summed E-state index contributed by atoms with van der Waals surface area (Å²) in [4.78, 5) is 13.3. The number of amides is 1. The molecule has 1 amide bonds. The number of nitrogens with one attached hydrogen (secondary N) is 1. The molecule has 0 saturated carbocycles. The van der Waals surface area contributed by atoms with Crippen molar-refractivity contribution in [3.8, 4) is 5.69 Å². The van der Waals surface area contributed by atoms with Gasteiger partial charge < -0.3 is 5.32 Å². The summed E-state index contributed by atoms with van der Waals surface area (Å²) in [6.45, 7) is 1.97. The van der Waals surface area contributed by atoms with Crippen molar-refractivity contribution in [2.75, 3.05) is 11.1 Å². The first-order valence-corrected chi connectivity index (χ1v) is 9.00. The summed E-state index contributed by atoms with van der Waals surface area (Å²) in [7, 11) is 0. The molecule has 3 rings (SSSR count). The number of nitrogens with zero attached hydrogens (tertiary/aromatic N) is 4. The SMILES string of the molecule is Cc1ccc(NC(=O)CSCc2cccs2)cc1-n1cnnn1. The van der Waals surface area contributed by atoms with Crippen molar-refractivity contribution in [3.05, 3.63) is 52.5 Å². The van der Waals surface area contributed by atoms with Crippen molar-refractivity contribution in [1.29, 1.82) is 0 Å². The highest BCUT2D eigenvalue weighted by atomic mass is 32.2. The van der Waals surface area contributed by atoms with Crippen LogP contribution in [-0.4, -0.2) is 31.9 Å². The van der Waals surface area contributed by atoms with E-state index in [2.05, 4.69) is 26.9 Å². The third-order valence-corrected chi connectivity index (χ3v) is 5.19. The number of carbonyl (C=O) groups is 1. The number of carbonyl (C=O) groups excluding carboxylic acids is 1. The number of aryl methyl sites for hydroxylation is 1. The molecule has 0 aliphatic heterocycles. The van der Waals surface area contributed by atoms with Crippen molar-refractivity contribution in [1.82, 2.24) is 20.2 Å². The third-order valence-electron chi connectivity index (χ3n) is 3.15. The molecule has 0 spiro atoms. The van der Waals surface area contributed by atoms with Gasteiger partial charge in [-0.15, -0.1) is 28.2 Å². The summed E-state index contributed by atoms with van der Waals surface area (Å²) in [5, 5.41) is 16.1. The Labute approximate surface area is 141 Å². The Balaban J connectivity index is 1.59. The van der Waals surface area contributed by atoms with Gasteiger partial charge in [-0.3, -0.25) is 4.79 Å². The molecule has 23 heavy (non-hydrogen) atoms. The van der Waals surface area contributed by atoms with Crippen molar-refractivity contribution >= 4 is 34.7 Å². The summed E-state index contributed by atoms with van der Waals surface area (Å²) in [5.74, 6) is 1.26. The second-order valence-electron chi connectivity index (χ2n) is 4.88. The van der Waals surface area contributed by atoms with E-state index in [1.807, 2.05) is 36.6 Å². The fraction of sp³-hybridized carbons (Fsp3) is 0.200. The smallest absolute Gasteiger partial charge is 0.234 e. The summed E-state index contributed by atoms with van der Waals surface area (Å²) < 4.78 is 1.58. The number of hydrogen-bond donors (Lipinski definition) is 1. The van der Waals surface area contributed by atoms with Gasteiger partial charge in [-0.2, -0.15) is 0 Å². The van der Waals surface area contributed by atoms with Gasteiger partial charge in [0, 0.05) is 16.3 Å². The van der Waals surface area contributed by atoms with Gasteiger partial charge in [0.15, 0.2) is 0 Å². The van der Waals surface area contributed by atoms with E-state index in [-0.39, 0.29) is 5.91 Å². The van der Waals surface area contributed by atoms with Gasteiger partial charge in [-0.05, 0) is 46.5 Å². The first kappa shape index (κ1) is 15.7. The molecule has 0 bridgehead atoms. The first-order valence-electron chi connectivity index (χ1n) is 6.96. The molecule has 6 nitrogen and oxygen atoms in total. The molecule has 1 aromatic carbocycles. The fourth-order valence-corrected chi connectivity index (χ4v) is 3.71. The predicted molar refractivity (Wildman–Crippen MR) is 93.0 cm³/mol. The normalized spacial score (nSPS) is 10.7. The molecule has 0 unspecified atom stereocenters. The molecule has 2 heterocycles. The van der Waals surface area contributed by atoms with E-state index in [1.54, 1.807) is 27.8 Å². The topological polar surface area (TPSA) is 72.7 Å². The molecule has 0 atom stereocenters. The van der Waals surface area contributed by atoms with Gasteiger partial charge in [0.05, 0.1) is 11.4 Å². The Hall–Kier alpha value is -2.19. The highest BCUT2D eigenvalue weighted by molar-refractivity contribution is 7.99. The molecular formula is C15H15N5OS2. The van der Waals surface area contributed by atoms with Crippen LogP contribution in [0.3, 0.4) is 0 Å². The van der Waals surface area contributed by atoms with E-state index in [0.29, 0.717) is 5.75 Å². The van der Waals surface area contributed by atoms with E-state index in [4.69, 9.17) is 0 Å². The molecule has 2 aromatic heterocycles. The molecule has 0 saturated heterocycles. The van der Waals surface area contributed by atoms with Crippen LogP contribution in [0.2, 0.25) is 0 Å². The van der Waals surface area contributed by atoms with E-state index < -0.39 is 0 Å². The monoisotopic (exact) mass is 345 g/mol. The maximum Gasteiger partial charge on any atom is 0.234 e. The number of thioether (sulfide) groups is 1. The van der Waals surface area contributed by atoms with E-state index in [0.717, 1.165) is 22.7 Å². The van der Waals surface area contributed by atoms with Crippen molar-refractivity contribution in [3.63, 3.8) is 0 Å². The lowest BCUT2D eigenvalue weighted by molar-refractivity contribution is -0.113. The lowest BCUT2D eigenvalue weighted by Crippen LogP contribution is -2.14. The Bertz CT molecular complexity index is 771. The summed E-state index contributed by atoms with van der Waals surface area (Å²) in [6, 6.07) is 9.78. The van der Waals surface area contributed by atoms with Crippen LogP contribution in [-0.2, 0) is 10.5 Å². The number of aromatic nitrogens is 4. The van der Waals surface area contributed by atoms with Crippen LogP contribution in [0.25, 0.3) is 5.69 Å². The van der Waals surface area contributed by atoms with E-state index in [9.17, 15) is 4.79 Å². The minimum absolute atomic E-state index is 0.0157. The van der Waals surface area contributed by atoms with Crippen LogP contribution in [0.15, 0.2) is 42.0 Å². The Kier molecular flexibility index (Phi) is 5.04. The van der Waals surface area contributed by atoms with Crippen molar-refractivity contribution in [2.45, 2.75) is 12.7 Å². The molecule has 118 valence electrons. The Morgan fingerprint density at radius 2 is 2.30 bits per heavy atom. The van der Waals surface area contributed by atoms with Crippen LogP contribution in [0.5, 0.6) is 0 Å². The molecule has 1 N–H and O–H groups in total. The quantitative estimate of drug-likeness (QED) is 0.744. The van der Waals surface area contributed by atoms with Gasteiger partial charge in [0.25, 0.3) is 0 Å². The van der Waals surface area contributed by atoms with E-state index >= 15 is 0 Å². The second-order valence-corrected chi connectivity index (χ2v) is 6.89. The maximum atomic E-state index is 12.0. The minimum atomic E-state index is -0.0157. The van der Waals surface area contributed by atoms with Crippen LogP contribution in [0.4, 0.5) is 5.69 Å². The number of tetrazole rings is 1. The molecule has 0 aliphatic carbocycles. The Morgan fingerprint density at radius 3 is 3.04 bits per heavy atom. The predicted octanol–water partition coefficient (Wildman–Crippen LogP) is 2.90. The zero-order valence-corrected chi connectivity index (χ0v) is 14.1. The third kappa shape index (κ3) is 4.17. The standard InChI is InChI=1S/C15H15N5OS2/c1-11-4-5-12(7-14(11)20-10-16-18-19-20)17-15(21)9-22-8-13-3-2-6-23-13/h2-7,10H,8-9H2,1H3,(H,17,21). The highest BCUT2D eigenvalue weighted by Crippen LogP contribution is 2.20. The lowest BCUT2D eigenvalue weighted by Gasteiger charge is -2.09. The van der Waals surface area contributed by atoms with Gasteiger partial charge in [0.1, 0.15) is 6.33 Å². The van der Waals surface area contributed by atoms with Crippen LogP contribution >= 0.6 is 23.1 Å². The van der Waals surface area contributed by atoms with Gasteiger partial charge in [0.2, 0.25) is 5.91 Å². The average molecular weight is 345 g/mol. The summed E-state index contributed by atoms with van der Waals surface area (Å²) >= 11 is 3.31. The zero-order chi connectivity index (χ0) is 16.1.